The topological polar surface area (TPSA) is 56.8 Å². The molecule has 0 bridgehead atoms. The Bertz CT molecular complexity index is 589. The molecule has 24 heavy (non-hydrogen) atoms. The van der Waals surface area contributed by atoms with E-state index in [0.717, 1.165) is 17.7 Å². The first-order valence-corrected chi connectivity index (χ1v) is 7.65. The van der Waals surface area contributed by atoms with Crippen molar-refractivity contribution in [1.82, 2.24) is 5.32 Å². The largest absolute Gasteiger partial charge is 0.494 e. The predicted molar refractivity (Wildman–Crippen MR) is 80.1 cm³/mol. The third-order valence-electron chi connectivity index (χ3n) is 3.35. The second kappa shape index (κ2) is 7.74. The number of hydrogen-bond donors (Lipinski definition) is 1. The summed E-state index contributed by atoms with van der Waals surface area (Å²) in [6.45, 7) is 2.29. The van der Waals surface area contributed by atoms with E-state index in [1.54, 1.807) is 6.07 Å². The van der Waals surface area contributed by atoms with E-state index in [0.29, 0.717) is 17.9 Å². The van der Waals surface area contributed by atoms with E-state index in [2.05, 4.69) is 10.1 Å². The molecule has 0 fully saturated rings. The number of nitrogens with one attached hydrogen (secondary N) is 1. The van der Waals surface area contributed by atoms with Crippen molar-refractivity contribution in [1.29, 1.82) is 0 Å². The molecule has 0 aromatic heterocycles. The van der Waals surface area contributed by atoms with Crippen molar-refractivity contribution < 1.29 is 32.2 Å². The van der Waals surface area contributed by atoms with Crippen LogP contribution in [0.5, 0.6) is 11.5 Å². The number of ether oxygens (including phenoxy) is 3. The Morgan fingerprint density at radius 1 is 1.42 bits per heavy atom. The summed E-state index contributed by atoms with van der Waals surface area (Å²) in [6, 6.07) is 3.67. The minimum atomic E-state index is -4.45. The zero-order valence-corrected chi connectivity index (χ0v) is 13.5. The molecule has 1 heterocycles. The molecule has 0 spiro atoms. The third kappa shape index (κ3) is 5.30. The van der Waals surface area contributed by atoms with Gasteiger partial charge in [-0.1, -0.05) is 0 Å². The van der Waals surface area contributed by atoms with Gasteiger partial charge in [0.25, 0.3) is 0 Å². The number of amides is 1. The fraction of sp³-hybridized carbons (Fsp3) is 0.562. The van der Waals surface area contributed by atoms with Gasteiger partial charge in [0, 0.05) is 24.1 Å². The molecule has 1 aromatic carbocycles. The van der Waals surface area contributed by atoms with E-state index < -0.39 is 25.3 Å². The Morgan fingerprint density at radius 3 is 2.83 bits per heavy atom. The SMILES string of the molecule is CCOc1cc2c(cc1CNC(=O)COCC(F)(F)F)OC(C)C2. The Kier molecular flexibility index (Phi) is 5.93. The maximum atomic E-state index is 12.0. The molecule has 0 saturated heterocycles. The monoisotopic (exact) mass is 347 g/mol. The van der Waals surface area contributed by atoms with Crippen LogP contribution in [0.1, 0.15) is 25.0 Å². The summed E-state index contributed by atoms with van der Waals surface area (Å²) in [5.74, 6) is 0.741. The number of carbonyl (C=O) groups excluding carboxylic acids is 1. The zero-order chi connectivity index (χ0) is 17.7. The molecule has 8 heteroatoms. The molecule has 1 unspecified atom stereocenters. The van der Waals surface area contributed by atoms with Gasteiger partial charge in [-0.15, -0.1) is 0 Å². The fourth-order valence-electron chi connectivity index (χ4n) is 2.41. The number of fused-ring (bicyclic) bond motifs is 1. The van der Waals surface area contributed by atoms with Crippen LogP contribution in [0.25, 0.3) is 0 Å². The minimum absolute atomic E-state index is 0.0788. The van der Waals surface area contributed by atoms with Gasteiger partial charge < -0.3 is 19.5 Å². The summed E-state index contributed by atoms with van der Waals surface area (Å²) in [7, 11) is 0. The number of halogens is 3. The average Bonchev–Trinajstić information content (AvgIpc) is 2.82. The molecule has 1 aliphatic heterocycles. The average molecular weight is 347 g/mol. The van der Waals surface area contributed by atoms with Crippen molar-refractivity contribution in [2.75, 3.05) is 19.8 Å². The van der Waals surface area contributed by atoms with Crippen LogP contribution in [0.4, 0.5) is 13.2 Å². The molecule has 1 atom stereocenters. The highest BCUT2D eigenvalue weighted by atomic mass is 19.4. The van der Waals surface area contributed by atoms with Crippen LogP contribution < -0.4 is 14.8 Å². The van der Waals surface area contributed by atoms with Crippen molar-refractivity contribution >= 4 is 5.91 Å². The lowest BCUT2D eigenvalue weighted by molar-refractivity contribution is -0.175. The molecule has 1 amide bonds. The predicted octanol–water partition coefficient (Wildman–Crippen LogP) is 2.60. The minimum Gasteiger partial charge on any atom is -0.494 e. The number of hydrogen-bond acceptors (Lipinski definition) is 4. The Morgan fingerprint density at radius 2 is 2.17 bits per heavy atom. The van der Waals surface area contributed by atoms with Gasteiger partial charge in [0.2, 0.25) is 5.91 Å². The van der Waals surface area contributed by atoms with Crippen molar-refractivity contribution in [3.8, 4) is 11.5 Å². The maximum Gasteiger partial charge on any atom is 0.411 e. The fourth-order valence-corrected chi connectivity index (χ4v) is 2.41. The number of carbonyl (C=O) groups is 1. The Balaban J connectivity index is 1.94. The van der Waals surface area contributed by atoms with Crippen LogP contribution in [0.15, 0.2) is 12.1 Å². The second-order valence-electron chi connectivity index (χ2n) is 5.52. The van der Waals surface area contributed by atoms with Crippen molar-refractivity contribution in [2.45, 2.75) is 39.1 Å². The van der Waals surface area contributed by atoms with Gasteiger partial charge in [-0.2, -0.15) is 13.2 Å². The summed E-state index contributed by atoms with van der Waals surface area (Å²) in [4.78, 5) is 11.6. The standard InChI is InChI=1S/C16H20F3NO4/c1-3-23-13-5-11-4-10(2)24-14(11)6-12(13)7-20-15(21)8-22-9-16(17,18)19/h5-6,10H,3-4,7-9H2,1-2H3,(H,20,21). The Labute approximate surface area is 138 Å². The lowest BCUT2D eigenvalue weighted by atomic mass is 10.1. The van der Waals surface area contributed by atoms with E-state index in [1.807, 2.05) is 19.9 Å². The van der Waals surface area contributed by atoms with Crippen LogP contribution in [0.3, 0.4) is 0 Å². The molecular weight excluding hydrogens is 327 g/mol. The third-order valence-corrected chi connectivity index (χ3v) is 3.35. The van der Waals surface area contributed by atoms with E-state index >= 15 is 0 Å². The summed E-state index contributed by atoms with van der Waals surface area (Å²) in [5, 5.41) is 2.52. The van der Waals surface area contributed by atoms with Crippen LogP contribution in [-0.4, -0.2) is 38.0 Å². The molecule has 1 aliphatic rings. The van der Waals surface area contributed by atoms with Crippen LogP contribution in [-0.2, 0) is 22.5 Å². The van der Waals surface area contributed by atoms with Gasteiger partial charge in [-0.3, -0.25) is 4.79 Å². The molecule has 2 rings (SSSR count). The quantitative estimate of drug-likeness (QED) is 0.824. The number of rotatable bonds is 7. The lowest BCUT2D eigenvalue weighted by Crippen LogP contribution is -2.29. The summed E-state index contributed by atoms with van der Waals surface area (Å²) >= 11 is 0. The lowest BCUT2D eigenvalue weighted by Gasteiger charge is -2.13. The van der Waals surface area contributed by atoms with Crippen molar-refractivity contribution in [3.05, 3.63) is 23.3 Å². The molecule has 1 aromatic rings. The maximum absolute atomic E-state index is 12.0. The van der Waals surface area contributed by atoms with Gasteiger partial charge in [0.15, 0.2) is 0 Å². The molecule has 1 N–H and O–H groups in total. The van der Waals surface area contributed by atoms with E-state index in [4.69, 9.17) is 9.47 Å². The number of alkyl halides is 3. The van der Waals surface area contributed by atoms with E-state index in [1.165, 1.54) is 0 Å². The Hall–Kier alpha value is -1.96. The van der Waals surface area contributed by atoms with E-state index in [9.17, 15) is 18.0 Å². The number of benzene rings is 1. The molecule has 5 nitrogen and oxygen atoms in total. The summed E-state index contributed by atoms with van der Waals surface area (Å²) < 4.78 is 51.5. The van der Waals surface area contributed by atoms with Gasteiger partial charge in [0.05, 0.1) is 6.61 Å². The van der Waals surface area contributed by atoms with Crippen molar-refractivity contribution in [3.63, 3.8) is 0 Å². The molecule has 134 valence electrons. The van der Waals surface area contributed by atoms with Crippen molar-refractivity contribution in [2.24, 2.45) is 0 Å². The molecule has 0 saturated carbocycles. The zero-order valence-electron chi connectivity index (χ0n) is 13.5. The summed E-state index contributed by atoms with van der Waals surface area (Å²) in [6.07, 6.45) is -3.58. The first-order chi connectivity index (χ1) is 11.3. The van der Waals surface area contributed by atoms with Gasteiger partial charge in [-0.05, 0) is 26.0 Å². The van der Waals surface area contributed by atoms with Gasteiger partial charge in [-0.25, -0.2) is 0 Å². The van der Waals surface area contributed by atoms with Crippen LogP contribution in [0, 0.1) is 0 Å². The summed E-state index contributed by atoms with van der Waals surface area (Å²) in [5.41, 5.74) is 1.74. The van der Waals surface area contributed by atoms with Gasteiger partial charge >= 0.3 is 6.18 Å². The molecular formula is C16H20F3NO4. The second-order valence-corrected chi connectivity index (χ2v) is 5.52. The molecule has 0 radical (unpaired) electrons. The first-order valence-electron chi connectivity index (χ1n) is 7.65. The molecule has 0 aliphatic carbocycles. The highest BCUT2D eigenvalue weighted by molar-refractivity contribution is 5.77. The van der Waals surface area contributed by atoms with E-state index in [-0.39, 0.29) is 12.6 Å². The van der Waals surface area contributed by atoms with Crippen LogP contribution >= 0.6 is 0 Å². The highest BCUT2D eigenvalue weighted by Crippen LogP contribution is 2.35. The van der Waals surface area contributed by atoms with Gasteiger partial charge in [0.1, 0.15) is 30.8 Å². The first kappa shape index (κ1) is 18.4. The smallest absolute Gasteiger partial charge is 0.411 e. The van der Waals surface area contributed by atoms with Crippen LogP contribution in [0.2, 0.25) is 0 Å². The highest BCUT2D eigenvalue weighted by Gasteiger charge is 2.28. The normalized spacial score (nSPS) is 16.5.